The van der Waals surface area contributed by atoms with Crippen LogP contribution in [0.3, 0.4) is 0 Å². The quantitative estimate of drug-likeness (QED) is 0.533. The Kier molecular flexibility index (Phi) is 3.40. The molecule has 1 aromatic rings. The molecule has 0 amide bonds. The molecule has 14 heavy (non-hydrogen) atoms. The Labute approximate surface area is 82.0 Å². The van der Waals surface area contributed by atoms with Gasteiger partial charge in [0.25, 0.3) is 0 Å². The first-order valence-electron chi connectivity index (χ1n) is 4.16. The minimum atomic E-state index is -0.481. The zero-order chi connectivity index (χ0) is 10.6. The predicted octanol–water partition coefficient (Wildman–Crippen LogP) is 2.40. The van der Waals surface area contributed by atoms with Crippen molar-refractivity contribution in [1.82, 2.24) is 0 Å². The van der Waals surface area contributed by atoms with Gasteiger partial charge in [-0.15, -0.1) is 0 Å². The lowest BCUT2D eigenvalue weighted by Crippen LogP contribution is -1.96. The predicted molar refractivity (Wildman–Crippen MR) is 52.1 cm³/mol. The molecule has 0 radical (unpaired) electrons. The van der Waals surface area contributed by atoms with Gasteiger partial charge in [0, 0.05) is 11.6 Å². The molecule has 0 N–H and O–H groups in total. The van der Waals surface area contributed by atoms with Crippen LogP contribution < -0.4 is 0 Å². The van der Waals surface area contributed by atoms with Gasteiger partial charge < -0.3 is 4.74 Å². The summed E-state index contributed by atoms with van der Waals surface area (Å²) in [6, 6.07) is 6.28. The van der Waals surface area contributed by atoms with Crippen molar-refractivity contribution in [3.05, 3.63) is 41.7 Å². The van der Waals surface area contributed by atoms with Gasteiger partial charge in [-0.05, 0) is 18.6 Å². The number of methoxy groups -OCH3 is 1. The Hall–Kier alpha value is -1.64. The van der Waals surface area contributed by atoms with Gasteiger partial charge in [0.1, 0.15) is 5.82 Å². The molecule has 0 fully saturated rings. The molecule has 1 aromatic carbocycles. The van der Waals surface area contributed by atoms with Gasteiger partial charge in [-0.25, -0.2) is 9.18 Å². The summed E-state index contributed by atoms with van der Waals surface area (Å²) in [5, 5.41) is 0. The summed E-state index contributed by atoms with van der Waals surface area (Å²) in [5.41, 5.74) is 0.966. The molecule has 0 saturated carbocycles. The van der Waals surface area contributed by atoms with E-state index in [-0.39, 0.29) is 5.82 Å². The fraction of sp³-hybridized carbons (Fsp3) is 0.182. The van der Waals surface area contributed by atoms with E-state index < -0.39 is 5.97 Å². The molecular formula is C11H11FO2. The van der Waals surface area contributed by atoms with Crippen LogP contribution in [-0.2, 0) is 9.53 Å². The van der Waals surface area contributed by atoms with E-state index in [0.717, 1.165) is 0 Å². The van der Waals surface area contributed by atoms with Gasteiger partial charge in [0.2, 0.25) is 0 Å². The number of esters is 1. The van der Waals surface area contributed by atoms with Crippen molar-refractivity contribution < 1.29 is 13.9 Å². The number of carbonyl (C=O) groups excluding carboxylic acids is 1. The van der Waals surface area contributed by atoms with Crippen molar-refractivity contribution in [1.29, 1.82) is 0 Å². The Morgan fingerprint density at radius 3 is 2.64 bits per heavy atom. The van der Waals surface area contributed by atoms with Gasteiger partial charge in [-0.3, -0.25) is 0 Å². The highest BCUT2D eigenvalue weighted by molar-refractivity contribution is 5.90. The Balaban J connectivity index is 3.00. The first-order chi connectivity index (χ1) is 6.65. The average Bonchev–Trinajstić information content (AvgIpc) is 2.18. The van der Waals surface area contributed by atoms with Gasteiger partial charge in [0.15, 0.2) is 0 Å². The Morgan fingerprint density at radius 2 is 2.07 bits per heavy atom. The fourth-order valence-electron chi connectivity index (χ4n) is 1.09. The smallest absolute Gasteiger partial charge is 0.330 e. The maximum atomic E-state index is 13.2. The zero-order valence-corrected chi connectivity index (χ0v) is 8.08. The molecule has 0 aliphatic heterocycles. The van der Waals surface area contributed by atoms with Crippen LogP contribution >= 0.6 is 0 Å². The monoisotopic (exact) mass is 194 g/mol. The molecule has 0 heterocycles. The molecular weight excluding hydrogens is 183 g/mol. The summed E-state index contributed by atoms with van der Waals surface area (Å²) in [4.78, 5) is 10.9. The van der Waals surface area contributed by atoms with E-state index in [1.165, 1.54) is 19.3 Å². The van der Waals surface area contributed by atoms with Crippen LogP contribution in [0.4, 0.5) is 4.39 Å². The Bertz CT molecular complexity index is 369. The first kappa shape index (κ1) is 10.4. The molecule has 0 unspecified atom stereocenters. The number of halogens is 1. The molecule has 0 bridgehead atoms. The number of hydrogen-bond acceptors (Lipinski definition) is 2. The van der Waals surface area contributed by atoms with E-state index in [1.54, 1.807) is 25.1 Å². The topological polar surface area (TPSA) is 26.3 Å². The zero-order valence-electron chi connectivity index (χ0n) is 8.08. The lowest BCUT2D eigenvalue weighted by molar-refractivity contribution is -0.134. The van der Waals surface area contributed by atoms with Crippen LogP contribution in [0.5, 0.6) is 0 Å². The summed E-state index contributed by atoms with van der Waals surface area (Å²) >= 11 is 0. The largest absolute Gasteiger partial charge is 0.466 e. The second-order valence-corrected chi connectivity index (χ2v) is 2.83. The fourth-order valence-corrected chi connectivity index (χ4v) is 1.09. The summed E-state index contributed by atoms with van der Waals surface area (Å²) < 4.78 is 17.6. The molecule has 0 saturated heterocycles. The number of hydrogen-bond donors (Lipinski definition) is 0. The van der Waals surface area contributed by atoms with Crippen molar-refractivity contribution in [3.8, 4) is 0 Å². The van der Waals surface area contributed by atoms with E-state index >= 15 is 0 Å². The lowest BCUT2D eigenvalue weighted by atomic mass is 10.1. The highest BCUT2D eigenvalue weighted by atomic mass is 19.1. The highest BCUT2D eigenvalue weighted by Gasteiger charge is 2.04. The van der Waals surface area contributed by atoms with Crippen LogP contribution in [0.2, 0.25) is 0 Å². The standard InChI is InChI=1S/C11H11FO2/c1-8(7-11(13)14-2)9-5-3-4-6-10(9)12/h3-7H,1-2H3/b8-7+. The van der Waals surface area contributed by atoms with Crippen LogP contribution in [0, 0.1) is 5.82 Å². The maximum absolute atomic E-state index is 13.2. The molecule has 74 valence electrons. The Morgan fingerprint density at radius 1 is 1.43 bits per heavy atom. The SMILES string of the molecule is COC(=O)/C=C(\C)c1ccccc1F. The van der Waals surface area contributed by atoms with E-state index in [0.29, 0.717) is 11.1 Å². The third-order valence-electron chi connectivity index (χ3n) is 1.83. The number of benzene rings is 1. The van der Waals surface area contributed by atoms with Crippen molar-refractivity contribution in [2.24, 2.45) is 0 Å². The molecule has 0 aliphatic rings. The van der Waals surface area contributed by atoms with E-state index in [2.05, 4.69) is 4.74 Å². The maximum Gasteiger partial charge on any atom is 0.330 e. The number of carbonyl (C=O) groups is 1. The normalized spacial score (nSPS) is 11.2. The van der Waals surface area contributed by atoms with Crippen LogP contribution in [0.15, 0.2) is 30.3 Å². The minimum absolute atomic E-state index is 0.342. The first-order valence-corrected chi connectivity index (χ1v) is 4.16. The average molecular weight is 194 g/mol. The van der Waals surface area contributed by atoms with E-state index in [9.17, 15) is 9.18 Å². The summed E-state index contributed by atoms with van der Waals surface area (Å²) in [5.74, 6) is -0.823. The van der Waals surface area contributed by atoms with Gasteiger partial charge >= 0.3 is 5.97 Å². The molecule has 1 rings (SSSR count). The van der Waals surface area contributed by atoms with Crippen molar-refractivity contribution in [2.75, 3.05) is 7.11 Å². The number of rotatable bonds is 2. The molecule has 3 heteroatoms. The lowest BCUT2D eigenvalue weighted by Gasteiger charge is -2.02. The highest BCUT2D eigenvalue weighted by Crippen LogP contribution is 2.16. The third-order valence-corrected chi connectivity index (χ3v) is 1.83. The van der Waals surface area contributed by atoms with Gasteiger partial charge in [-0.2, -0.15) is 0 Å². The van der Waals surface area contributed by atoms with Crippen LogP contribution in [0.1, 0.15) is 12.5 Å². The van der Waals surface area contributed by atoms with Gasteiger partial charge in [0.05, 0.1) is 7.11 Å². The second kappa shape index (κ2) is 4.56. The van der Waals surface area contributed by atoms with Crippen molar-refractivity contribution >= 4 is 11.5 Å². The summed E-state index contributed by atoms with van der Waals surface area (Å²) in [6.07, 6.45) is 1.26. The summed E-state index contributed by atoms with van der Waals surface area (Å²) in [6.45, 7) is 1.66. The van der Waals surface area contributed by atoms with Gasteiger partial charge in [-0.1, -0.05) is 18.2 Å². The van der Waals surface area contributed by atoms with Crippen LogP contribution in [0.25, 0.3) is 5.57 Å². The summed E-state index contributed by atoms with van der Waals surface area (Å²) in [7, 11) is 1.29. The number of allylic oxidation sites excluding steroid dienone is 1. The molecule has 2 nitrogen and oxygen atoms in total. The van der Waals surface area contributed by atoms with Crippen molar-refractivity contribution in [2.45, 2.75) is 6.92 Å². The van der Waals surface area contributed by atoms with E-state index in [4.69, 9.17) is 0 Å². The second-order valence-electron chi connectivity index (χ2n) is 2.83. The van der Waals surface area contributed by atoms with E-state index in [1.807, 2.05) is 0 Å². The molecule has 0 aliphatic carbocycles. The third kappa shape index (κ3) is 2.42. The van der Waals surface area contributed by atoms with Crippen LogP contribution in [-0.4, -0.2) is 13.1 Å². The molecule has 0 atom stereocenters. The minimum Gasteiger partial charge on any atom is -0.466 e. The molecule has 0 spiro atoms. The van der Waals surface area contributed by atoms with Crippen molar-refractivity contribution in [3.63, 3.8) is 0 Å². The molecule has 0 aromatic heterocycles. The number of ether oxygens (including phenoxy) is 1.